The lowest BCUT2D eigenvalue weighted by Crippen LogP contribution is -2.47. The van der Waals surface area contributed by atoms with Crippen LogP contribution < -0.4 is 5.32 Å². The lowest BCUT2D eigenvalue weighted by atomic mass is 9.97. The third kappa shape index (κ3) is 3.40. The molecule has 0 saturated carbocycles. The molecule has 28 heavy (non-hydrogen) atoms. The van der Waals surface area contributed by atoms with Crippen LogP contribution in [0.2, 0.25) is 0 Å². The molecule has 3 unspecified atom stereocenters. The van der Waals surface area contributed by atoms with Crippen molar-refractivity contribution in [3.05, 3.63) is 28.9 Å². The summed E-state index contributed by atoms with van der Waals surface area (Å²) in [6.45, 7) is 5.58. The van der Waals surface area contributed by atoms with Crippen molar-refractivity contribution in [1.82, 2.24) is 20.1 Å². The number of carbonyl (C=O) groups is 2. The molecule has 3 aliphatic rings. The molecule has 7 nitrogen and oxygen atoms in total. The predicted octanol–water partition coefficient (Wildman–Crippen LogP) is 1.59. The van der Waals surface area contributed by atoms with Crippen molar-refractivity contribution in [2.75, 3.05) is 45.9 Å². The van der Waals surface area contributed by atoms with Gasteiger partial charge < -0.3 is 19.9 Å². The van der Waals surface area contributed by atoms with Crippen LogP contribution in [0.15, 0.2) is 17.6 Å². The van der Waals surface area contributed by atoms with Gasteiger partial charge in [0.05, 0.1) is 23.5 Å². The molecule has 3 atom stereocenters. The summed E-state index contributed by atoms with van der Waals surface area (Å²) in [5.74, 6) is 0.554. The molecule has 2 aromatic heterocycles. The number of piperidine rings is 1. The second-order valence-electron chi connectivity index (χ2n) is 7.94. The SMILES string of the molecule is O=C(NC1CC2CCN(C2)C1)c1cc2c(C(=O)N3CCOCC3)csc2cn1. The molecule has 2 bridgehead atoms. The Labute approximate surface area is 167 Å². The number of hydrogen-bond acceptors (Lipinski definition) is 6. The fourth-order valence-electron chi connectivity index (χ4n) is 4.58. The van der Waals surface area contributed by atoms with Gasteiger partial charge in [-0.05, 0) is 31.4 Å². The smallest absolute Gasteiger partial charge is 0.270 e. The summed E-state index contributed by atoms with van der Waals surface area (Å²) in [7, 11) is 0. The van der Waals surface area contributed by atoms with Crippen LogP contribution in [-0.4, -0.2) is 78.6 Å². The summed E-state index contributed by atoms with van der Waals surface area (Å²) in [6.07, 6.45) is 3.99. The fraction of sp³-hybridized carbons (Fsp3) is 0.550. The summed E-state index contributed by atoms with van der Waals surface area (Å²) in [6, 6.07) is 1.95. The number of carbonyl (C=O) groups excluding carboxylic acids is 2. The summed E-state index contributed by atoms with van der Waals surface area (Å²) in [5, 5.41) is 5.84. The van der Waals surface area contributed by atoms with Crippen molar-refractivity contribution >= 4 is 33.2 Å². The number of thiophene rings is 1. The van der Waals surface area contributed by atoms with Gasteiger partial charge in [0.25, 0.3) is 11.8 Å². The first-order valence-electron chi connectivity index (χ1n) is 9.95. The van der Waals surface area contributed by atoms with Crippen molar-refractivity contribution in [3.8, 4) is 0 Å². The number of nitrogens with zero attached hydrogens (tertiary/aromatic N) is 3. The average molecular weight is 401 g/mol. The van der Waals surface area contributed by atoms with Crippen LogP contribution in [-0.2, 0) is 4.74 Å². The molecule has 5 heterocycles. The highest BCUT2D eigenvalue weighted by Crippen LogP contribution is 2.29. The normalized spacial score (nSPS) is 27.1. The van der Waals surface area contributed by atoms with Gasteiger partial charge in [-0.3, -0.25) is 9.59 Å². The van der Waals surface area contributed by atoms with Crippen molar-refractivity contribution in [2.24, 2.45) is 5.92 Å². The molecule has 8 heteroatoms. The largest absolute Gasteiger partial charge is 0.378 e. The van der Waals surface area contributed by atoms with E-state index in [0.717, 1.165) is 29.6 Å². The lowest BCUT2D eigenvalue weighted by Gasteiger charge is -2.30. The van der Waals surface area contributed by atoms with Crippen molar-refractivity contribution in [3.63, 3.8) is 0 Å². The first-order chi connectivity index (χ1) is 13.7. The minimum Gasteiger partial charge on any atom is -0.378 e. The van der Waals surface area contributed by atoms with Gasteiger partial charge in [0.2, 0.25) is 0 Å². The maximum Gasteiger partial charge on any atom is 0.270 e. The lowest BCUT2D eigenvalue weighted by molar-refractivity contribution is 0.0304. The molecule has 3 fully saturated rings. The summed E-state index contributed by atoms with van der Waals surface area (Å²) < 4.78 is 6.27. The minimum atomic E-state index is -0.148. The van der Waals surface area contributed by atoms with E-state index in [9.17, 15) is 9.59 Å². The van der Waals surface area contributed by atoms with Gasteiger partial charge in [0.15, 0.2) is 0 Å². The summed E-state index contributed by atoms with van der Waals surface area (Å²) >= 11 is 1.49. The number of nitrogens with one attached hydrogen (secondary N) is 1. The number of aromatic nitrogens is 1. The van der Waals surface area contributed by atoms with Gasteiger partial charge in [-0.15, -0.1) is 11.3 Å². The van der Waals surface area contributed by atoms with Crippen molar-refractivity contribution < 1.29 is 14.3 Å². The van der Waals surface area contributed by atoms with Crippen LogP contribution in [0.5, 0.6) is 0 Å². The van der Waals surface area contributed by atoms with Crippen LogP contribution in [0.1, 0.15) is 33.7 Å². The molecule has 0 aromatic carbocycles. The van der Waals surface area contributed by atoms with Gasteiger partial charge >= 0.3 is 0 Å². The second-order valence-corrected chi connectivity index (χ2v) is 8.85. The number of pyridine rings is 1. The zero-order chi connectivity index (χ0) is 19.1. The third-order valence-corrected chi connectivity index (χ3v) is 6.96. The quantitative estimate of drug-likeness (QED) is 0.847. The van der Waals surface area contributed by atoms with Gasteiger partial charge in [0.1, 0.15) is 5.69 Å². The van der Waals surface area contributed by atoms with Gasteiger partial charge in [-0.25, -0.2) is 4.98 Å². The standard InChI is InChI=1S/C20H24N4O3S/c25-19(22-14-7-13-1-2-23(10-13)11-14)17-8-15-16(12-28-18(15)9-21-17)20(26)24-3-5-27-6-4-24/h8-9,12-14H,1-7,10-11H2,(H,22,25). The third-order valence-electron chi connectivity index (χ3n) is 6.02. The molecule has 5 rings (SSSR count). The molecular weight excluding hydrogens is 376 g/mol. The monoisotopic (exact) mass is 400 g/mol. The Morgan fingerprint density at radius 1 is 1.21 bits per heavy atom. The highest BCUT2D eigenvalue weighted by Gasteiger charge is 2.33. The zero-order valence-electron chi connectivity index (χ0n) is 15.7. The van der Waals surface area contributed by atoms with Crippen molar-refractivity contribution in [1.29, 1.82) is 0 Å². The van der Waals surface area contributed by atoms with E-state index in [-0.39, 0.29) is 17.9 Å². The van der Waals surface area contributed by atoms with Crippen LogP contribution in [0.25, 0.3) is 10.1 Å². The molecule has 2 amide bonds. The van der Waals surface area contributed by atoms with Gasteiger partial charge in [0, 0.05) is 49.2 Å². The van der Waals surface area contributed by atoms with Crippen LogP contribution >= 0.6 is 11.3 Å². The molecular formula is C20H24N4O3S. The van der Waals surface area contributed by atoms with E-state index in [4.69, 9.17) is 4.74 Å². The summed E-state index contributed by atoms with van der Waals surface area (Å²) in [4.78, 5) is 34.3. The van der Waals surface area contributed by atoms with E-state index in [2.05, 4.69) is 15.2 Å². The van der Waals surface area contributed by atoms with Gasteiger partial charge in [-0.1, -0.05) is 0 Å². The van der Waals surface area contributed by atoms with Crippen LogP contribution in [0, 0.1) is 5.92 Å². The summed E-state index contributed by atoms with van der Waals surface area (Å²) in [5.41, 5.74) is 1.04. The Morgan fingerprint density at radius 3 is 2.89 bits per heavy atom. The van der Waals surface area contributed by atoms with E-state index in [1.165, 1.54) is 24.3 Å². The van der Waals surface area contributed by atoms with Crippen LogP contribution in [0.4, 0.5) is 0 Å². The predicted molar refractivity (Wildman–Crippen MR) is 107 cm³/mol. The Bertz CT molecular complexity index is 896. The Morgan fingerprint density at radius 2 is 2.07 bits per heavy atom. The first-order valence-corrected chi connectivity index (χ1v) is 10.8. The zero-order valence-corrected chi connectivity index (χ0v) is 16.5. The Balaban J connectivity index is 1.35. The maximum atomic E-state index is 12.9. The molecule has 3 aliphatic heterocycles. The van der Waals surface area contributed by atoms with E-state index < -0.39 is 0 Å². The molecule has 0 radical (unpaired) electrons. The fourth-order valence-corrected chi connectivity index (χ4v) is 5.47. The van der Waals surface area contributed by atoms with Crippen LogP contribution in [0.3, 0.4) is 0 Å². The number of rotatable bonds is 3. The topological polar surface area (TPSA) is 74.8 Å². The Hall–Kier alpha value is -2.03. The molecule has 0 aliphatic carbocycles. The minimum absolute atomic E-state index is 0.00349. The molecule has 0 spiro atoms. The molecule has 2 aromatic rings. The number of amides is 2. The second kappa shape index (κ2) is 7.42. The molecule has 1 N–H and O–H groups in total. The number of hydrogen-bond donors (Lipinski definition) is 1. The van der Waals surface area contributed by atoms with E-state index in [1.54, 1.807) is 12.3 Å². The highest BCUT2D eigenvalue weighted by molar-refractivity contribution is 7.17. The Kier molecular flexibility index (Phi) is 4.78. The van der Waals surface area contributed by atoms with Gasteiger partial charge in [-0.2, -0.15) is 0 Å². The van der Waals surface area contributed by atoms with E-state index in [0.29, 0.717) is 43.5 Å². The van der Waals surface area contributed by atoms with E-state index in [1.807, 2.05) is 10.3 Å². The molecule has 3 saturated heterocycles. The maximum absolute atomic E-state index is 12.9. The van der Waals surface area contributed by atoms with Crippen molar-refractivity contribution in [2.45, 2.75) is 18.9 Å². The number of fused-ring (bicyclic) bond motifs is 3. The molecule has 148 valence electrons. The number of morpholine rings is 1. The average Bonchev–Trinajstić information content (AvgIpc) is 3.30. The number of ether oxygens (including phenoxy) is 1. The van der Waals surface area contributed by atoms with E-state index >= 15 is 0 Å². The highest BCUT2D eigenvalue weighted by atomic mass is 32.1. The first kappa shape index (κ1) is 18.0.